The number of hydrogen-bond acceptors (Lipinski definition) is 4. The third kappa shape index (κ3) is 2.58. The van der Waals surface area contributed by atoms with Crippen LogP contribution in [-0.4, -0.2) is 62.9 Å². The fourth-order valence-electron chi connectivity index (χ4n) is 3.40. The Morgan fingerprint density at radius 3 is 3.05 bits per heavy atom. The lowest BCUT2D eigenvalue weighted by Crippen LogP contribution is -2.54. The van der Waals surface area contributed by atoms with Crippen LogP contribution in [0, 0.1) is 0 Å². The zero-order chi connectivity index (χ0) is 14.1. The van der Waals surface area contributed by atoms with Crippen LogP contribution in [0.2, 0.25) is 0 Å². The number of nitrogens with zero attached hydrogens (tertiary/aromatic N) is 4. The van der Waals surface area contributed by atoms with Gasteiger partial charge in [0.25, 0.3) is 0 Å². The fraction of sp³-hybridized carbons (Fsp3) is 0.714. The van der Waals surface area contributed by atoms with Crippen molar-refractivity contribution in [2.45, 2.75) is 31.8 Å². The number of hydrogen-bond donors (Lipinski definition) is 1. The molecule has 0 aliphatic carbocycles. The highest BCUT2D eigenvalue weighted by molar-refractivity contribution is 5.88. The summed E-state index contributed by atoms with van der Waals surface area (Å²) >= 11 is 0. The molecule has 1 unspecified atom stereocenters. The number of carboxylic acid groups (broad SMARTS) is 1. The first kappa shape index (κ1) is 13.6. The van der Waals surface area contributed by atoms with Crippen molar-refractivity contribution in [1.29, 1.82) is 0 Å². The molecule has 3 heterocycles. The molecule has 110 valence electrons. The first-order valence-corrected chi connectivity index (χ1v) is 7.35. The molecule has 0 spiro atoms. The first-order chi connectivity index (χ1) is 9.65. The molecule has 6 heteroatoms. The summed E-state index contributed by atoms with van der Waals surface area (Å²) in [7, 11) is 1.82. The molecule has 0 aromatic carbocycles. The highest BCUT2D eigenvalue weighted by atomic mass is 16.4. The van der Waals surface area contributed by atoms with Crippen LogP contribution in [-0.2, 0) is 13.6 Å². The Bertz CT molecular complexity index is 499. The van der Waals surface area contributed by atoms with Gasteiger partial charge in [0.15, 0.2) is 0 Å². The van der Waals surface area contributed by atoms with Crippen molar-refractivity contribution in [3.8, 4) is 0 Å². The van der Waals surface area contributed by atoms with Crippen LogP contribution in [0.25, 0.3) is 0 Å². The third-order valence-electron chi connectivity index (χ3n) is 4.59. The average molecular weight is 278 g/mol. The quantitative estimate of drug-likeness (QED) is 0.885. The van der Waals surface area contributed by atoms with E-state index in [4.69, 9.17) is 0 Å². The van der Waals surface area contributed by atoms with Gasteiger partial charge >= 0.3 is 5.97 Å². The Morgan fingerprint density at radius 1 is 1.40 bits per heavy atom. The van der Waals surface area contributed by atoms with Gasteiger partial charge in [-0.2, -0.15) is 5.10 Å². The number of aryl methyl sites for hydroxylation is 1. The normalized spacial score (nSPS) is 24.6. The second-order valence-corrected chi connectivity index (χ2v) is 5.85. The molecule has 0 amide bonds. The summed E-state index contributed by atoms with van der Waals surface area (Å²) in [6.45, 7) is 5.07. The van der Waals surface area contributed by atoms with Gasteiger partial charge in [-0.25, -0.2) is 4.79 Å². The van der Waals surface area contributed by atoms with Crippen LogP contribution in [0.5, 0.6) is 0 Å². The fourth-order valence-corrected chi connectivity index (χ4v) is 3.40. The van der Waals surface area contributed by atoms with Gasteiger partial charge < -0.3 is 5.11 Å². The molecular weight excluding hydrogens is 256 g/mol. The number of rotatable bonds is 3. The topological polar surface area (TPSA) is 61.6 Å². The molecule has 0 saturated carbocycles. The summed E-state index contributed by atoms with van der Waals surface area (Å²) in [5.41, 5.74) is 1.14. The SMILES string of the molecule is Cn1ncc(C(=O)O)c1CN1CCN2CCCCC2C1. The van der Waals surface area contributed by atoms with E-state index in [1.165, 1.54) is 32.0 Å². The van der Waals surface area contributed by atoms with Crippen LogP contribution in [0.4, 0.5) is 0 Å². The van der Waals surface area contributed by atoms with Gasteiger partial charge in [0.1, 0.15) is 5.56 Å². The van der Waals surface area contributed by atoms with E-state index in [2.05, 4.69) is 14.9 Å². The molecule has 3 rings (SSSR count). The number of fused-ring (bicyclic) bond motifs is 1. The van der Waals surface area contributed by atoms with Crippen molar-refractivity contribution < 1.29 is 9.90 Å². The number of aromatic carboxylic acids is 1. The van der Waals surface area contributed by atoms with Crippen molar-refractivity contribution in [2.24, 2.45) is 7.05 Å². The van der Waals surface area contributed by atoms with Crippen LogP contribution < -0.4 is 0 Å². The lowest BCUT2D eigenvalue weighted by Gasteiger charge is -2.44. The molecule has 2 aliphatic heterocycles. The van der Waals surface area contributed by atoms with E-state index < -0.39 is 5.97 Å². The molecular formula is C14H22N4O2. The molecule has 0 radical (unpaired) electrons. The van der Waals surface area contributed by atoms with Gasteiger partial charge in [0.2, 0.25) is 0 Å². The zero-order valence-corrected chi connectivity index (χ0v) is 12.0. The minimum absolute atomic E-state index is 0.332. The van der Waals surface area contributed by atoms with Gasteiger partial charge in [-0.3, -0.25) is 14.5 Å². The highest BCUT2D eigenvalue weighted by Crippen LogP contribution is 2.22. The predicted octanol–water partition coefficient (Wildman–Crippen LogP) is 0.788. The molecule has 6 nitrogen and oxygen atoms in total. The van der Waals surface area contributed by atoms with Gasteiger partial charge in [-0.1, -0.05) is 6.42 Å². The van der Waals surface area contributed by atoms with Gasteiger partial charge in [-0.05, 0) is 19.4 Å². The summed E-state index contributed by atoms with van der Waals surface area (Å²) < 4.78 is 1.69. The molecule has 20 heavy (non-hydrogen) atoms. The van der Waals surface area contributed by atoms with E-state index in [1.807, 2.05) is 7.05 Å². The first-order valence-electron chi connectivity index (χ1n) is 7.35. The smallest absolute Gasteiger partial charge is 0.339 e. The van der Waals surface area contributed by atoms with Crippen molar-refractivity contribution in [3.63, 3.8) is 0 Å². The Balaban J connectivity index is 1.69. The van der Waals surface area contributed by atoms with Crippen molar-refractivity contribution in [3.05, 3.63) is 17.5 Å². The lowest BCUT2D eigenvalue weighted by molar-refractivity contribution is 0.0441. The minimum atomic E-state index is -0.885. The second kappa shape index (κ2) is 5.54. The average Bonchev–Trinajstić information content (AvgIpc) is 2.80. The predicted molar refractivity (Wildman–Crippen MR) is 74.7 cm³/mol. The summed E-state index contributed by atoms with van der Waals surface area (Å²) in [4.78, 5) is 16.2. The molecule has 2 saturated heterocycles. The van der Waals surface area contributed by atoms with Gasteiger partial charge in [-0.15, -0.1) is 0 Å². The van der Waals surface area contributed by atoms with Crippen LogP contribution in [0.15, 0.2) is 6.20 Å². The number of carbonyl (C=O) groups is 1. The van der Waals surface area contributed by atoms with Crippen molar-refractivity contribution >= 4 is 5.97 Å². The second-order valence-electron chi connectivity index (χ2n) is 5.85. The molecule has 2 fully saturated rings. The Kier molecular flexibility index (Phi) is 3.76. The van der Waals surface area contributed by atoms with Crippen LogP contribution >= 0.6 is 0 Å². The van der Waals surface area contributed by atoms with E-state index in [0.717, 1.165) is 25.3 Å². The number of aromatic nitrogens is 2. The summed E-state index contributed by atoms with van der Waals surface area (Å²) in [6, 6.07) is 0.652. The summed E-state index contributed by atoms with van der Waals surface area (Å²) in [5, 5.41) is 13.3. The summed E-state index contributed by atoms with van der Waals surface area (Å²) in [6.07, 6.45) is 5.37. The van der Waals surface area contributed by atoms with Crippen molar-refractivity contribution in [1.82, 2.24) is 19.6 Å². The van der Waals surface area contributed by atoms with E-state index in [1.54, 1.807) is 4.68 Å². The highest BCUT2D eigenvalue weighted by Gasteiger charge is 2.29. The number of piperidine rings is 1. The Hall–Kier alpha value is -1.40. The monoisotopic (exact) mass is 278 g/mol. The Morgan fingerprint density at radius 2 is 2.25 bits per heavy atom. The largest absolute Gasteiger partial charge is 0.478 e. The maximum absolute atomic E-state index is 11.2. The van der Waals surface area contributed by atoms with Gasteiger partial charge in [0, 0.05) is 39.3 Å². The van der Waals surface area contributed by atoms with E-state index in [9.17, 15) is 9.90 Å². The zero-order valence-electron chi connectivity index (χ0n) is 12.0. The molecule has 0 bridgehead atoms. The lowest BCUT2D eigenvalue weighted by atomic mass is 9.99. The molecule has 1 aromatic heterocycles. The minimum Gasteiger partial charge on any atom is -0.478 e. The van der Waals surface area contributed by atoms with Gasteiger partial charge in [0.05, 0.1) is 11.9 Å². The number of piperazine rings is 1. The molecule has 2 aliphatic rings. The molecule has 1 aromatic rings. The third-order valence-corrected chi connectivity index (χ3v) is 4.59. The van der Waals surface area contributed by atoms with E-state index in [0.29, 0.717) is 18.2 Å². The van der Waals surface area contributed by atoms with E-state index >= 15 is 0 Å². The standard InChI is InChI=1S/C14H22N4O2/c1-16-13(12(8-15-16)14(19)20)10-17-6-7-18-5-3-2-4-11(18)9-17/h8,11H,2-7,9-10H2,1H3,(H,19,20). The summed E-state index contributed by atoms with van der Waals surface area (Å²) in [5.74, 6) is -0.885. The Labute approximate surface area is 119 Å². The maximum atomic E-state index is 11.2. The molecule has 1 N–H and O–H groups in total. The maximum Gasteiger partial charge on any atom is 0.339 e. The van der Waals surface area contributed by atoms with Crippen LogP contribution in [0.3, 0.4) is 0 Å². The van der Waals surface area contributed by atoms with E-state index in [-0.39, 0.29) is 0 Å². The van der Waals surface area contributed by atoms with Crippen molar-refractivity contribution in [2.75, 3.05) is 26.2 Å². The van der Waals surface area contributed by atoms with Crippen LogP contribution in [0.1, 0.15) is 35.3 Å². The number of carboxylic acids is 1. The molecule has 1 atom stereocenters.